The number of nitrogens with two attached hydrogens (primary N) is 1. The number of piperidine rings is 1. The molecular weight excluding hydrogens is 186 g/mol. The molecule has 0 aromatic rings. The molecule has 0 saturated carbocycles. The lowest BCUT2D eigenvalue weighted by molar-refractivity contribution is -0.0552. The third-order valence-corrected chi connectivity index (χ3v) is 2.77. The molecule has 0 radical (unpaired) electrons. The van der Waals surface area contributed by atoms with E-state index in [1.807, 2.05) is 0 Å². The first kappa shape index (κ1) is 11.9. The molecule has 0 unspecified atom stereocenters. The molecule has 1 aliphatic rings. The number of unbranched alkanes of at least 4 members (excludes halogenated alkanes) is 2. The molecule has 1 fully saturated rings. The van der Waals surface area contributed by atoms with E-state index in [0.717, 1.165) is 32.4 Å². The van der Waals surface area contributed by atoms with Gasteiger partial charge in [-0.25, -0.2) is 8.78 Å². The predicted molar refractivity (Wildman–Crippen MR) is 53.5 cm³/mol. The zero-order valence-electron chi connectivity index (χ0n) is 8.64. The van der Waals surface area contributed by atoms with E-state index < -0.39 is 5.92 Å². The van der Waals surface area contributed by atoms with Gasteiger partial charge in [-0.05, 0) is 25.9 Å². The molecule has 1 heterocycles. The Kier molecular flexibility index (Phi) is 4.75. The zero-order chi connectivity index (χ0) is 10.4. The van der Waals surface area contributed by atoms with Gasteiger partial charge in [0.2, 0.25) is 0 Å². The van der Waals surface area contributed by atoms with Crippen molar-refractivity contribution in [1.29, 1.82) is 0 Å². The molecule has 1 rings (SSSR count). The number of rotatable bonds is 5. The van der Waals surface area contributed by atoms with Gasteiger partial charge >= 0.3 is 0 Å². The van der Waals surface area contributed by atoms with Crippen LogP contribution < -0.4 is 5.73 Å². The van der Waals surface area contributed by atoms with Gasteiger partial charge in [0.15, 0.2) is 0 Å². The molecule has 0 aromatic heterocycles. The van der Waals surface area contributed by atoms with E-state index in [0.29, 0.717) is 13.1 Å². The Morgan fingerprint density at radius 1 is 1.07 bits per heavy atom. The largest absolute Gasteiger partial charge is 0.330 e. The number of likely N-dealkylation sites (tertiary alicyclic amines) is 1. The smallest absolute Gasteiger partial charge is 0.250 e. The van der Waals surface area contributed by atoms with Gasteiger partial charge in [-0.15, -0.1) is 0 Å². The van der Waals surface area contributed by atoms with Crippen molar-refractivity contribution in [2.75, 3.05) is 26.2 Å². The highest BCUT2D eigenvalue weighted by Gasteiger charge is 2.33. The zero-order valence-corrected chi connectivity index (χ0v) is 8.64. The third-order valence-electron chi connectivity index (χ3n) is 2.77. The molecule has 0 bridgehead atoms. The molecule has 0 atom stereocenters. The van der Waals surface area contributed by atoms with Crippen LogP contribution in [-0.2, 0) is 0 Å². The monoisotopic (exact) mass is 206 g/mol. The minimum atomic E-state index is -2.41. The number of alkyl halides is 2. The molecule has 1 aliphatic heterocycles. The van der Waals surface area contributed by atoms with Crippen LogP contribution in [0.1, 0.15) is 32.1 Å². The average molecular weight is 206 g/mol. The molecule has 1 saturated heterocycles. The highest BCUT2D eigenvalue weighted by atomic mass is 19.3. The quantitative estimate of drug-likeness (QED) is 0.695. The van der Waals surface area contributed by atoms with Gasteiger partial charge in [-0.3, -0.25) is 0 Å². The molecular formula is C10H20F2N2. The van der Waals surface area contributed by atoms with Crippen molar-refractivity contribution in [2.45, 2.75) is 38.0 Å². The van der Waals surface area contributed by atoms with Gasteiger partial charge in [-0.2, -0.15) is 0 Å². The highest BCUT2D eigenvalue weighted by Crippen LogP contribution is 2.27. The number of hydrogen-bond acceptors (Lipinski definition) is 2. The molecule has 0 spiro atoms. The van der Waals surface area contributed by atoms with Crippen LogP contribution in [0, 0.1) is 0 Å². The summed E-state index contributed by atoms with van der Waals surface area (Å²) >= 11 is 0. The maximum absolute atomic E-state index is 12.8. The highest BCUT2D eigenvalue weighted by molar-refractivity contribution is 4.77. The number of nitrogens with zero attached hydrogens (tertiary/aromatic N) is 1. The summed E-state index contributed by atoms with van der Waals surface area (Å²) in [4.78, 5) is 2.13. The average Bonchev–Trinajstić information content (AvgIpc) is 2.15. The van der Waals surface area contributed by atoms with Crippen LogP contribution >= 0.6 is 0 Å². The molecule has 0 aromatic carbocycles. The summed E-state index contributed by atoms with van der Waals surface area (Å²) < 4.78 is 25.6. The predicted octanol–water partition coefficient (Wildman–Crippen LogP) is 1.85. The van der Waals surface area contributed by atoms with Gasteiger partial charge in [0.05, 0.1) is 0 Å². The second kappa shape index (κ2) is 5.61. The van der Waals surface area contributed by atoms with Crippen molar-refractivity contribution in [3.63, 3.8) is 0 Å². The van der Waals surface area contributed by atoms with Gasteiger partial charge < -0.3 is 10.6 Å². The molecule has 0 aliphatic carbocycles. The van der Waals surface area contributed by atoms with E-state index in [1.54, 1.807) is 0 Å². The fourth-order valence-corrected chi connectivity index (χ4v) is 1.76. The lowest BCUT2D eigenvalue weighted by Gasteiger charge is -2.31. The lowest BCUT2D eigenvalue weighted by atomic mass is 10.1. The van der Waals surface area contributed by atoms with Crippen LogP contribution in [-0.4, -0.2) is 37.0 Å². The summed E-state index contributed by atoms with van der Waals surface area (Å²) in [6, 6.07) is 0. The summed E-state index contributed by atoms with van der Waals surface area (Å²) in [5.74, 6) is -2.41. The Hall–Kier alpha value is -0.220. The van der Waals surface area contributed by atoms with E-state index in [1.165, 1.54) is 0 Å². The summed E-state index contributed by atoms with van der Waals surface area (Å²) in [5, 5.41) is 0. The molecule has 2 N–H and O–H groups in total. The van der Waals surface area contributed by atoms with Crippen LogP contribution in [0.25, 0.3) is 0 Å². The van der Waals surface area contributed by atoms with Crippen LogP contribution in [0.3, 0.4) is 0 Å². The van der Waals surface area contributed by atoms with Crippen molar-refractivity contribution < 1.29 is 8.78 Å². The van der Waals surface area contributed by atoms with Gasteiger partial charge in [-0.1, -0.05) is 6.42 Å². The molecule has 84 valence electrons. The summed E-state index contributed by atoms with van der Waals surface area (Å²) in [6.45, 7) is 2.79. The van der Waals surface area contributed by atoms with E-state index in [-0.39, 0.29) is 12.8 Å². The number of halogens is 2. The van der Waals surface area contributed by atoms with E-state index >= 15 is 0 Å². The second-order valence-corrected chi connectivity index (χ2v) is 4.05. The van der Waals surface area contributed by atoms with Crippen molar-refractivity contribution >= 4 is 0 Å². The van der Waals surface area contributed by atoms with Crippen molar-refractivity contribution in [2.24, 2.45) is 5.73 Å². The Morgan fingerprint density at radius 2 is 1.71 bits per heavy atom. The first-order valence-corrected chi connectivity index (χ1v) is 5.44. The van der Waals surface area contributed by atoms with E-state index in [4.69, 9.17) is 5.73 Å². The summed E-state index contributed by atoms with van der Waals surface area (Å²) in [6.07, 6.45) is 3.31. The van der Waals surface area contributed by atoms with Crippen LogP contribution in [0.15, 0.2) is 0 Å². The minimum Gasteiger partial charge on any atom is -0.330 e. The van der Waals surface area contributed by atoms with Crippen LogP contribution in [0.2, 0.25) is 0 Å². The first-order valence-electron chi connectivity index (χ1n) is 5.44. The van der Waals surface area contributed by atoms with Crippen molar-refractivity contribution in [3.8, 4) is 0 Å². The Morgan fingerprint density at radius 3 is 2.29 bits per heavy atom. The Labute approximate surface area is 84.4 Å². The Bertz CT molecular complexity index is 152. The normalized spacial score (nSPS) is 22.5. The van der Waals surface area contributed by atoms with Crippen molar-refractivity contribution in [3.05, 3.63) is 0 Å². The SMILES string of the molecule is NCCCCCN1CCC(F)(F)CC1. The van der Waals surface area contributed by atoms with Crippen LogP contribution in [0.4, 0.5) is 8.78 Å². The molecule has 14 heavy (non-hydrogen) atoms. The third kappa shape index (κ3) is 4.33. The Balaban J connectivity index is 2.04. The first-order chi connectivity index (χ1) is 6.64. The maximum atomic E-state index is 12.8. The van der Waals surface area contributed by atoms with E-state index in [2.05, 4.69) is 4.90 Å². The summed E-state index contributed by atoms with van der Waals surface area (Å²) in [7, 11) is 0. The molecule has 4 heteroatoms. The minimum absolute atomic E-state index is 0.0316. The second-order valence-electron chi connectivity index (χ2n) is 4.05. The lowest BCUT2D eigenvalue weighted by Crippen LogP contribution is -2.39. The molecule has 2 nitrogen and oxygen atoms in total. The maximum Gasteiger partial charge on any atom is 0.250 e. The van der Waals surface area contributed by atoms with Crippen molar-refractivity contribution in [1.82, 2.24) is 4.90 Å². The fourth-order valence-electron chi connectivity index (χ4n) is 1.76. The topological polar surface area (TPSA) is 29.3 Å². The van der Waals surface area contributed by atoms with Gasteiger partial charge in [0, 0.05) is 25.9 Å². The molecule has 0 amide bonds. The van der Waals surface area contributed by atoms with E-state index in [9.17, 15) is 8.78 Å². The fraction of sp³-hybridized carbons (Fsp3) is 1.00. The van der Waals surface area contributed by atoms with Crippen LogP contribution in [0.5, 0.6) is 0 Å². The van der Waals surface area contributed by atoms with Gasteiger partial charge in [0.25, 0.3) is 5.92 Å². The van der Waals surface area contributed by atoms with Gasteiger partial charge in [0.1, 0.15) is 0 Å². The summed E-state index contributed by atoms with van der Waals surface area (Å²) in [5.41, 5.74) is 5.37. The standard InChI is InChI=1S/C10H20F2N2/c11-10(12)4-8-14(9-5-10)7-3-1-2-6-13/h1-9,13H2. The number of hydrogen-bond donors (Lipinski definition) is 1.